The Kier molecular flexibility index (Phi) is 5.85. The second-order valence-corrected chi connectivity index (χ2v) is 5.82. The zero-order valence-corrected chi connectivity index (χ0v) is 15.3. The van der Waals surface area contributed by atoms with Gasteiger partial charge in [-0.2, -0.15) is 0 Å². The standard InChI is InChI=1S/C19H24N2O4/c1-6-25-19(23)16-12(2)17(20-13(16)3)18(22)21(4)11-14-9-7-8-10-15(14)24-5/h7-10,20H,6,11H2,1-5H3. The van der Waals surface area contributed by atoms with Crippen molar-refractivity contribution in [3.05, 3.63) is 52.3 Å². The highest BCUT2D eigenvalue weighted by molar-refractivity contribution is 6.00. The van der Waals surface area contributed by atoms with Crippen LogP contribution in [0, 0.1) is 13.8 Å². The molecule has 0 atom stereocenters. The van der Waals surface area contributed by atoms with Crippen LogP contribution >= 0.6 is 0 Å². The normalized spacial score (nSPS) is 10.4. The van der Waals surface area contributed by atoms with E-state index in [-0.39, 0.29) is 5.91 Å². The molecule has 134 valence electrons. The highest BCUT2D eigenvalue weighted by atomic mass is 16.5. The first kappa shape index (κ1) is 18.6. The van der Waals surface area contributed by atoms with Crippen LogP contribution in [0.15, 0.2) is 24.3 Å². The van der Waals surface area contributed by atoms with Gasteiger partial charge in [-0.15, -0.1) is 0 Å². The molecule has 0 fully saturated rings. The van der Waals surface area contributed by atoms with Crippen molar-refractivity contribution in [1.82, 2.24) is 9.88 Å². The van der Waals surface area contributed by atoms with Crippen LogP contribution in [0.3, 0.4) is 0 Å². The monoisotopic (exact) mass is 344 g/mol. The first-order valence-electron chi connectivity index (χ1n) is 8.14. The van der Waals surface area contributed by atoms with Crippen molar-refractivity contribution in [2.45, 2.75) is 27.3 Å². The van der Waals surface area contributed by atoms with Crippen molar-refractivity contribution >= 4 is 11.9 Å². The van der Waals surface area contributed by atoms with E-state index in [0.29, 0.717) is 35.7 Å². The van der Waals surface area contributed by atoms with E-state index < -0.39 is 5.97 Å². The number of aromatic amines is 1. The van der Waals surface area contributed by atoms with E-state index in [9.17, 15) is 9.59 Å². The first-order valence-corrected chi connectivity index (χ1v) is 8.14. The quantitative estimate of drug-likeness (QED) is 0.818. The summed E-state index contributed by atoms with van der Waals surface area (Å²) < 4.78 is 10.4. The molecule has 0 saturated carbocycles. The molecule has 2 aromatic rings. The second-order valence-electron chi connectivity index (χ2n) is 5.82. The Labute approximate surface area is 147 Å². The fraction of sp³-hybridized carbons (Fsp3) is 0.368. The summed E-state index contributed by atoms with van der Waals surface area (Å²) in [4.78, 5) is 29.5. The summed E-state index contributed by atoms with van der Waals surface area (Å²) in [6.45, 7) is 5.95. The number of carbonyl (C=O) groups excluding carboxylic acids is 2. The number of ether oxygens (including phenoxy) is 2. The fourth-order valence-corrected chi connectivity index (χ4v) is 2.83. The number of aryl methyl sites for hydroxylation is 1. The van der Waals surface area contributed by atoms with Crippen LogP contribution < -0.4 is 4.74 Å². The van der Waals surface area contributed by atoms with Crippen LogP contribution in [0.5, 0.6) is 5.75 Å². The molecule has 0 radical (unpaired) electrons. The Bertz CT molecular complexity index is 780. The zero-order valence-electron chi connectivity index (χ0n) is 15.3. The average Bonchev–Trinajstić information content (AvgIpc) is 2.89. The van der Waals surface area contributed by atoms with Gasteiger partial charge < -0.3 is 19.4 Å². The van der Waals surface area contributed by atoms with Gasteiger partial charge in [0.15, 0.2) is 0 Å². The number of esters is 1. The smallest absolute Gasteiger partial charge is 0.340 e. The summed E-state index contributed by atoms with van der Waals surface area (Å²) in [5.41, 5.74) is 2.97. The van der Waals surface area contributed by atoms with Gasteiger partial charge in [0.2, 0.25) is 0 Å². The second kappa shape index (κ2) is 7.88. The van der Waals surface area contributed by atoms with E-state index in [4.69, 9.17) is 9.47 Å². The van der Waals surface area contributed by atoms with E-state index in [1.165, 1.54) is 0 Å². The predicted molar refractivity (Wildman–Crippen MR) is 95.0 cm³/mol. The van der Waals surface area contributed by atoms with E-state index in [1.54, 1.807) is 39.8 Å². The van der Waals surface area contributed by atoms with Gasteiger partial charge in [0.05, 0.1) is 19.3 Å². The lowest BCUT2D eigenvalue weighted by atomic mass is 10.1. The Morgan fingerprint density at radius 2 is 1.88 bits per heavy atom. The van der Waals surface area contributed by atoms with Gasteiger partial charge in [-0.1, -0.05) is 18.2 Å². The van der Waals surface area contributed by atoms with Gasteiger partial charge >= 0.3 is 5.97 Å². The molecule has 0 unspecified atom stereocenters. The maximum atomic E-state index is 12.8. The zero-order chi connectivity index (χ0) is 18.6. The van der Waals surface area contributed by atoms with Crippen molar-refractivity contribution < 1.29 is 19.1 Å². The molecule has 1 heterocycles. The van der Waals surface area contributed by atoms with E-state index in [1.807, 2.05) is 24.3 Å². The molecule has 1 amide bonds. The molecule has 2 rings (SSSR count). The lowest BCUT2D eigenvalue weighted by Crippen LogP contribution is -2.27. The highest BCUT2D eigenvalue weighted by Crippen LogP contribution is 2.23. The Morgan fingerprint density at radius 3 is 2.52 bits per heavy atom. The number of aromatic nitrogens is 1. The number of carbonyl (C=O) groups is 2. The average molecular weight is 344 g/mol. The molecule has 1 N–H and O–H groups in total. The molecule has 0 aliphatic heterocycles. The van der Waals surface area contributed by atoms with Crippen LogP contribution in [0.2, 0.25) is 0 Å². The number of nitrogens with one attached hydrogen (secondary N) is 1. The molecule has 0 spiro atoms. The Balaban J connectivity index is 2.25. The third-order valence-corrected chi connectivity index (χ3v) is 4.08. The number of H-pyrrole nitrogens is 1. The van der Waals surface area contributed by atoms with Crippen molar-refractivity contribution in [2.75, 3.05) is 20.8 Å². The van der Waals surface area contributed by atoms with Gasteiger partial charge in [0.25, 0.3) is 5.91 Å². The van der Waals surface area contributed by atoms with Gasteiger partial charge in [-0.05, 0) is 32.4 Å². The van der Waals surface area contributed by atoms with E-state index in [0.717, 1.165) is 11.3 Å². The predicted octanol–water partition coefficient (Wildman–Crippen LogP) is 3.09. The summed E-state index contributed by atoms with van der Waals surface area (Å²) in [6, 6.07) is 7.56. The van der Waals surface area contributed by atoms with Crippen molar-refractivity contribution in [3.8, 4) is 5.75 Å². The molecule has 1 aromatic heterocycles. The summed E-state index contributed by atoms with van der Waals surface area (Å²) in [6.07, 6.45) is 0. The van der Waals surface area contributed by atoms with E-state index in [2.05, 4.69) is 4.98 Å². The molecular weight excluding hydrogens is 320 g/mol. The third-order valence-electron chi connectivity index (χ3n) is 4.08. The Hall–Kier alpha value is -2.76. The molecule has 6 heteroatoms. The molecule has 25 heavy (non-hydrogen) atoms. The minimum absolute atomic E-state index is 0.193. The molecule has 6 nitrogen and oxygen atoms in total. The molecule has 1 aromatic carbocycles. The molecule has 0 saturated heterocycles. The summed E-state index contributed by atoms with van der Waals surface area (Å²) >= 11 is 0. The fourth-order valence-electron chi connectivity index (χ4n) is 2.83. The van der Waals surface area contributed by atoms with Crippen LogP contribution in [-0.4, -0.2) is 42.5 Å². The van der Waals surface area contributed by atoms with Crippen LogP contribution in [0.25, 0.3) is 0 Å². The SMILES string of the molecule is CCOC(=O)c1c(C)[nH]c(C(=O)N(C)Cc2ccccc2OC)c1C. The Morgan fingerprint density at radius 1 is 1.20 bits per heavy atom. The third kappa shape index (κ3) is 3.84. The topological polar surface area (TPSA) is 71.6 Å². The molecule has 0 aliphatic carbocycles. The van der Waals surface area contributed by atoms with Crippen molar-refractivity contribution in [1.29, 1.82) is 0 Å². The van der Waals surface area contributed by atoms with Crippen LogP contribution in [0.4, 0.5) is 0 Å². The van der Waals surface area contributed by atoms with Crippen LogP contribution in [0.1, 0.15) is 44.6 Å². The number of benzene rings is 1. The number of methoxy groups -OCH3 is 1. The number of hydrogen-bond donors (Lipinski definition) is 1. The van der Waals surface area contributed by atoms with Gasteiger partial charge in [-0.25, -0.2) is 4.79 Å². The lowest BCUT2D eigenvalue weighted by molar-refractivity contribution is 0.0525. The molecule has 0 bridgehead atoms. The van der Waals surface area contributed by atoms with Gasteiger partial charge in [-0.3, -0.25) is 4.79 Å². The number of hydrogen-bond acceptors (Lipinski definition) is 4. The number of amides is 1. The van der Waals surface area contributed by atoms with Crippen molar-refractivity contribution in [3.63, 3.8) is 0 Å². The summed E-state index contributed by atoms with van der Waals surface area (Å²) in [7, 11) is 3.32. The lowest BCUT2D eigenvalue weighted by Gasteiger charge is -2.18. The van der Waals surface area contributed by atoms with E-state index >= 15 is 0 Å². The molecule has 0 aliphatic rings. The van der Waals surface area contributed by atoms with Gasteiger partial charge in [0, 0.05) is 24.8 Å². The minimum Gasteiger partial charge on any atom is -0.496 e. The minimum atomic E-state index is -0.416. The number of para-hydroxylation sites is 1. The maximum absolute atomic E-state index is 12.8. The highest BCUT2D eigenvalue weighted by Gasteiger charge is 2.25. The van der Waals surface area contributed by atoms with Crippen LogP contribution in [-0.2, 0) is 11.3 Å². The summed E-state index contributed by atoms with van der Waals surface area (Å²) in [5, 5.41) is 0. The number of nitrogens with zero attached hydrogens (tertiary/aromatic N) is 1. The van der Waals surface area contributed by atoms with Gasteiger partial charge in [0.1, 0.15) is 11.4 Å². The van der Waals surface area contributed by atoms with Crippen molar-refractivity contribution in [2.24, 2.45) is 0 Å². The maximum Gasteiger partial charge on any atom is 0.340 e. The first-order chi connectivity index (χ1) is 11.9. The number of rotatable bonds is 6. The molecular formula is C19H24N2O4. The largest absolute Gasteiger partial charge is 0.496 e. The summed E-state index contributed by atoms with van der Waals surface area (Å²) in [5.74, 6) is 0.121.